The molecule has 1 rings (SSSR count). The summed E-state index contributed by atoms with van der Waals surface area (Å²) in [5, 5.41) is 11.3. The maximum atomic E-state index is 11.0. The molecule has 0 unspecified atom stereocenters. The smallest absolute Gasteiger partial charge is 0.222 e. The molecule has 0 aliphatic carbocycles. The summed E-state index contributed by atoms with van der Waals surface area (Å²) < 4.78 is 5.25. The minimum atomic E-state index is -0.0664. The van der Waals surface area contributed by atoms with Crippen molar-refractivity contribution < 1.29 is 14.6 Å². The molecule has 0 radical (unpaired) electrons. The molecule has 14 heavy (non-hydrogen) atoms. The quantitative estimate of drug-likeness (QED) is 0.672. The summed E-state index contributed by atoms with van der Waals surface area (Å²) in [5.74, 6) is 0.637. The number of rotatable bonds is 5. The first-order valence-electron chi connectivity index (χ1n) is 5.28. The molecule has 1 aliphatic rings. The summed E-state index contributed by atoms with van der Waals surface area (Å²) in [6, 6.07) is 0. The Hall–Kier alpha value is -0.610. The first kappa shape index (κ1) is 11.5. The van der Waals surface area contributed by atoms with E-state index in [1.165, 1.54) is 0 Å². The standard InChI is InChI=1S/C10H19NO3/c12-6-2-10(13)11-5-1-9-3-7-14-8-4-9/h9,12H,1-8H2,(H,11,13). The second kappa shape index (κ2) is 6.79. The molecule has 0 spiro atoms. The Labute approximate surface area is 84.6 Å². The van der Waals surface area contributed by atoms with E-state index in [2.05, 4.69) is 5.32 Å². The predicted octanol–water partition coefficient (Wildman–Crippen LogP) is 0.302. The molecule has 0 aromatic rings. The highest BCUT2D eigenvalue weighted by molar-refractivity contribution is 5.75. The molecule has 1 aliphatic heterocycles. The fraction of sp³-hybridized carbons (Fsp3) is 0.900. The van der Waals surface area contributed by atoms with E-state index in [9.17, 15) is 4.79 Å². The van der Waals surface area contributed by atoms with Crippen LogP contribution in [-0.4, -0.2) is 37.4 Å². The van der Waals surface area contributed by atoms with Crippen LogP contribution in [0.3, 0.4) is 0 Å². The molecule has 1 fully saturated rings. The molecule has 2 N–H and O–H groups in total. The van der Waals surface area contributed by atoms with Crippen LogP contribution in [-0.2, 0) is 9.53 Å². The van der Waals surface area contributed by atoms with Gasteiger partial charge in [-0.2, -0.15) is 0 Å². The fourth-order valence-corrected chi connectivity index (χ4v) is 1.64. The summed E-state index contributed by atoms with van der Waals surface area (Å²) in [6.45, 7) is 2.37. The average Bonchev–Trinajstić information content (AvgIpc) is 2.20. The van der Waals surface area contributed by atoms with Crippen LogP contribution in [0.4, 0.5) is 0 Å². The number of hydrogen-bond acceptors (Lipinski definition) is 3. The lowest BCUT2D eigenvalue weighted by atomic mass is 9.97. The van der Waals surface area contributed by atoms with Crippen LogP contribution in [0.5, 0.6) is 0 Å². The van der Waals surface area contributed by atoms with Gasteiger partial charge in [0.15, 0.2) is 0 Å². The van der Waals surface area contributed by atoms with Crippen molar-refractivity contribution in [1.82, 2.24) is 5.32 Å². The second-order valence-corrected chi connectivity index (χ2v) is 3.67. The third-order valence-electron chi connectivity index (χ3n) is 2.55. The minimum absolute atomic E-state index is 0.0560. The molecule has 0 bridgehead atoms. The predicted molar refractivity (Wildman–Crippen MR) is 52.9 cm³/mol. The van der Waals surface area contributed by atoms with Gasteiger partial charge in [-0.1, -0.05) is 0 Å². The summed E-state index contributed by atoms with van der Waals surface area (Å²) in [6.07, 6.45) is 3.46. The number of carbonyl (C=O) groups is 1. The molecule has 0 saturated carbocycles. The molecule has 1 heterocycles. The zero-order chi connectivity index (χ0) is 10.2. The molecule has 0 aromatic heterocycles. The summed E-state index contributed by atoms with van der Waals surface area (Å²) in [7, 11) is 0. The van der Waals surface area contributed by atoms with Crippen molar-refractivity contribution in [2.24, 2.45) is 5.92 Å². The fourth-order valence-electron chi connectivity index (χ4n) is 1.64. The first-order chi connectivity index (χ1) is 6.83. The second-order valence-electron chi connectivity index (χ2n) is 3.67. The molecule has 1 saturated heterocycles. The van der Waals surface area contributed by atoms with Crippen molar-refractivity contribution in [1.29, 1.82) is 0 Å². The van der Waals surface area contributed by atoms with E-state index in [-0.39, 0.29) is 18.9 Å². The van der Waals surface area contributed by atoms with E-state index >= 15 is 0 Å². The van der Waals surface area contributed by atoms with Crippen molar-refractivity contribution in [3.63, 3.8) is 0 Å². The third kappa shape index (κ3) is 4.58. The van der Waals surface area contributed by atoms with E-state index in [0.29, 0.717) is 5.92 Å². The third-order valence-corrected chi connectivity index (χ3v) is 2.55. The van der Waals surface area contributed by atoms with E-state index in [0.717, 1.165) is 39.0 Å². The highest BCUT2D eigenvalue weighted by Crippen LogP contribution is 2.17. The zero-order valence-electron chi connectivity index (χ0n) is 8.50. The Kier molecular flexibility index (Phi) is 5.56. The summed E-state index contributed by atoms with van der Waals surface area (Å²) in [4.78, 5) is 11.0. The van der Waals surface area contributed by atoms with Crippen molar-refractivity contribution in [3.8, 4) is 0 Å². The van der Waals surface area contributed by atoms with Gasteiger partial charge in [0.25, 0.3) is 0 Å². The maximum Gasteiger partial charge on any atom is 0.222 e. The average molecular weight is 201 g/mol. The van der Waals surface area contributed by atoms with Crippen molar-refractivity contribution in [3.05, 3.63) is 0 Å². The van der Waals surface area contributed by atoms with Crippen molar-refractivity contribution in [2.45, 2.75) is 25.7 Å². The number of aliphatic hydroxyl groups is 1. The number of ether oxygens (including phenoxy) is 1. The van der Waals surface area contributed by atoms with Gasteiger partial charge in [0.05, 0.1) is 6.61 Å². The molecular formula is C10H19NO3. The van der Waals surface area contributed by atoms with Gasteiger partial charge >= 0.3 is 0 Å². The van der Waals surface area contributed by atoms with E-state index in [1.807, 2.05) is 0 Å². The Morgan fingerprint density at radius 3 is 2.79 bits per heavy atom. The largest absolute Gasteiger partial charge is 0.396 e. The first-order valence-corrected chi connectivity index (χ1v) is 5.28. The van der Waals surface area contributed by atoms with Gasteiger partial charge in [0.2, 0.25) is 5.91 Å². The van der Waals surface area contributed by atoms with Crippen LogP contribution in [0, 0.1) is 5.92 Å². The van der Waals surface area contributed by atoms with Crippen LogP contribution in [0.15, 0.2) is 0 Å². The molecule has 4 heteroatoms. The van der Waals surface area contributed by atoms with Gasteiger partial charge < -0.3 is 15.2 Å². The van der Waals surface area contributed by atoms with E-state index < -0.39 is 0 Å². The summed E-state index contributed by atoms with van der Waals surface area (Å²) in [5.41, 5.74) is 0. The number of nitrogens with one attached hydrogen (secondary N) is 1. The maximum absolute atomic E-state index is 11.0. The van der Waals surface area contributed by atoms with Crippen LogP contribution in [0.2, 0.25) is 0 Å². The lowest BCUT2D eigenvalue weighted by Gasteiger charge is -2.21. The Bertz CT molecular complexity index is 167. The van der Waals surface area contributed by atoms with Crippen LogP contribution < -0.4 is 5.32 Å². The highest BCUT2D eigenvalue weighted by atomic mass is 16.5. The minimum Gasteiger partial charge on any atom is -0.396 e. The number of hydrogen-bond donors (Lipinski definition) is 2. The normalized spacial score (nSPS) is 18.1. The van der Waals surface area contributed by atoms with E-state index in [4.69, 9.17) is 9.84 Å². The lowest BCUT2D eigenvalue weighted by molar-refractivity contribution is -0.121. The van der Waals surface area contributed by atoms with Gasteiger partial charge in [0.1, 0.15) is 0 Å². The topological polar surface area (TPSA) is 58.6 Å². The molecule has 82 valence electrons. The van der Waals surface area contributed by atoms with Gasteiger partial charge in [-0.25, -0.2) is 0 Å². The Balaban J connectivity index is 1.99. The van der Waals surface area contributed by atoms with Crippen molar-refractivity contribution >= 4 is 5.91 Å². The van der Waals surface area contributed by atoms with Gasteiger partial charge in [-0.15, -0.1) is 0 Å². The van der Waals surface area contributed by atoms with Crippen LogP contribution >= 0.6 is 0 Å². The van der Waals surface area contributed by atoms with Gasteiger partial charge in [0, 0.05) is 26.2 Å². The molecule has 0 aromatic carbocycles. The Morgan fingerprint density at radius 2 is 2.14 bits per heavy atom. The molecular weight excluding hydrogens is 182 g/mol. The molecule has 0 atom stereocenters. The van der Waals surface area contributed by atoms with Crippen LogP contribution in [0.25, 0.3) is 0 Å². The Morgan fingerprint density at radius 1 is 1.43 bits per heavy atom. The number of amides is 1. The van der Waals surface area contributed by atoms with Crippen molar-refractivity contribution in [2.75, 3.05) is 26.4 Å². The monoisotopic (exact) mass is 201 g/mol. The summed E-state index contributed by atoms with van der Waals surface area (Å²) >= 11 is 0. The molecule has 1 amide bonds. The van der Waals surface area contributed by atoms with Crippen LogP contribution in [0.1, 0.15) is 25.7 Å². The number of aliphatic hydroxyl groups excluding tert-OH is 1. The van der Waals surface area contributed by atoms with E-state index in [1.54, 1.807) is 0 Å². The van der Waals surface area contributed by atoms with Gasteiger partial charge in [-0.3, -0.25) is 4.79 Å². The molecule has 4 nitrogen and oxygen atoms in total. The number of carbonyl (C=O) groups excluding carboxylic acids is 1. The highest BCUT2D eigenvalue weighted by Gasteiger charge is 2.13. The SMILES string of the molecule is O=C(CCO)NCCC1CCOCC1. The lowest BCUT2D eigenvalue weighted by Crippen LogP contribution is -2.27. The zero-order valence-corrected chi connectivity index (χ0v) is 8.50. The van der Waals surface area contributed by atoms with Gasteiger partial charge in [-0.05, 0) is 25.2 Å².